The summed E-state index contributed by atoms with van der Waals surface area (Å²) < 4.78 is 5.08. The van der Waals surface area contributed by atoms with Crippen LogP contribution < -0.4 is 0 Å². The Kier molecular flexibility index (Phi) is 5.60. The second-order valence-electron chi connectivity index (χ2n) is 10.7. The molecule has 4 heterocycles. The normalized spacial score (nSPS) is 11.6. The number of aromatic nitrogens is 9. The van der Waals surface area contributed by atoms with Crippen LogP contribution >= 0.6 is 0 Å². The van der Waals surface area contributed by atoms with Crippen LogP contribution in [-0.2, 0) is 0 Å². The van der Waals surface area contributed by atoms with Gasteiger partial charge in [-0.1, -0.05) is 133 Å². The largest absolute Gasteiger partial charge is 0.260 e. The maximum atomic E-state index is 5.03. The molecule has 0 fully saturated rings. The Balaban J connectivity index is 1.29. The Morgan fingerprint density at radius 3 is 1.36 bits per heavy atom. The third kappa shape index (κ3) is 4.17. The third-order valence-electron chi connectivity index (χ3n) is 7.85. The lowest BCUT2D eigenvalue weighted by atomic mass is 9.99. The van der Waals surface area contributed by atoms with E-state index in [9.17, 15) is 0 Å². The van der Waals surface area contributed by atoms with E-state index < -0.39 is 0 Å². The molecule has 0 unspecified atom stereocenters. The minimum atomic E-state index is 0.486. The lowest BCUT2D eigenvalue weighted by Gasteiger charge is -2.06. The molecular formula is C36H23N9. The fourth-order valence-corrected chi connectivity index (χ4v) is 5.69. The average molecular weight is 582 g/mol. The quantitative estimate of drug-likeness (QED) is 0.214. The van der Waals surface area contributed by atoms with Crippen LogP contribution in [0.2, 0.25) is 0 Å². The zero-order valence-corrected chi connectivity index (χ0v) is 23.8. The molecule has 4 aromatic heterocycles. The van der Waals surface area contributed by atoms with Gasteiger partial charge >= 0.3 is 0 Å². The zero-order valence-electron chi connectivity index (χ0n) is 23.8. The lowest BCUT2D eigenvalue weighted by molar-refractivity contribution is 0.817. The van der Waals surface area contributed by atoms with Crippen LogP contribution in [0.3, 0.4) is 0 Å². The summed E-state index contributed by atoms with van der Waals surface area (Å²) in [6.45, 7) is 0. The van der Waals surface area contributed by atoms with E-state index in [4.69, 9.17) is 30.2 Å². The second-order valence-corrected chi connectivity index (χ2v) is 10.7. The number of benzene rings is 5. The number of hydrogen-bond acceptors (Lipinski definition) is 6. The number of rotatable bonds is 5. The summed E-state index contributed by atoms with van der Waals surface area (Å²) in [4.78, 5) is 14.9. The molecule has 9 aromatic rings. The molecule has 45 heavy (non-hydrogen) atoms. The highest BCUT2D eigenvalue weighted by atomic mass is 15.5. The molecule has 0 radical (unpaired) electrons. The molecule has 9 nitrogen and oxygen atoms in total. The minimum Gasteiger partial charge on any atom is -0.189 e. The van der Waals surface area contributed by atoms with Crippen LogP contribution in [0.15, 0.2) is 140 Å². The van der Waals surface area contributed by atoms with Gasteiger partial charge in [0.15, 0.2) is 17.5 Å². The molecule has 0 amide bonds. The summed E-state index contributed by atoms with van der Waals surface area (Å²) in [5.74, 6) is 3.12. The highest BCUT2D eigenvalue weighted by molar-refractivity contribution is 5.81. The van der Waals surface area contributed by atoms with E-state index in [2.05, 4.69) is 42.5 Å². The number of fused-ring (bicyclic) bond motifs is 6. The molecule has 0 spiro atoms. The smallest absolute Gasteiger partial charge is 0.189 e. The van der Waals surface area contributed by atoms with Crippen molar-refractivity contribution >= 4 is 17.3 Å². The Morgan fingerprint density at radius 1 is 0.311 bits per heavy atom. The van der Waals surface area contributed by atoms with Gasteiger partial charge in [0.05, 0.1) is 0 Å². The molecule has 0 bridgehead atoms. The highest BCUT2D eigenvalue weighted by Gasteiger charge is 2.22. The molecular weight excluding hydrogens is 558 g/mol. The lowest BCUT2D eigenvalue weighted by Crippen LogP contribution is -2.06. The molecule has 0 saturated carbocycles. The van der Waals surface area contributed by atoms with Gasteiger partial charge in [-0.2, -0.15) is 28.5 Å². The van der Waals surface area contributed by atoms with Crippen molar-refractivity contribution in [1.29, 1.82) is 0 Å². The SMILES string of the molecule is c1ccc(-c2cccc(-c3nc4n5nc(-c6ccccc6)nc5n5nc(-c6ccccc6-c6ccccc6)nc5n4n3)c2)cc1. The fourth-order valence-electron chi connectivity index (χ4n) is 5.69. The first-order valence-electron chi connectivity index (χ1n) is 14.6. The maximum Gasteiger partial charge on any atom is 0.260 e. The Bertz CT molecular complexity index is 2480. The first-order chi connectivity index (χ1) is 22.3. The van der Waals surface area contributed by atoms with Crippen molar-refractivity contribution in [3.63, 3.8) is 0 Å². The van der Waals surface area contributed by atoms with Crippen molar-refractivity contribution in [3.8, 4) is 56.4 Å². The summed E-state index contributed by atoms with van der Waals surface area (Å²) in [5, 5.41) is 14.8. The summed E-state index contributed by atoms with van der Waals surface area (Å²) in [6, 6.07) is 46.7. The fraction of sp³-hybridized carbons (Fsp3) is 0. The number of hydrogen-bond donors (Lipinski definition) is 0. The predicted molar refractivity (Wildman–Crippen MR) is 173 cm³/mol. The van der Waals surface area contributed by atoms with E-state index in [1.165, 1.54) is 0 Å². The van der Waals surface area contributed by atoms with Gasteiger partial charge in [-0.3, -0.25) is 0 Å². The van der Waals surface area contributed by atoms with Crippen LogP contribution in [-0.4, -0.2) is 43.8 Å². The molecule has 0 saturated heterocycles. The first-order valence-corrected chi connectivity index (χ1v) is 14.6. The van der Waals surface area contributed by atoms with E-state index >= 15 is 0 Å². The Morgan fingerprint density at radius 2 is 0.733 bits per heavy atom. The monoisotopic (exact) mass is 581 g/mol. The van der Waals surface area contributed by atoms with Crippen molar-refractivity contribution < 1.29 is 0 Å². The molecule has 0 N–H and O–H groups in total. The molecule has 5 aromatic carbocycles. The van der Waals surface area contributed by atoms with Gasteiger partial charge in [-0.25, -0.2) is 0 Å². The standard InChI is InChI=1S/C36H23N9/c1-4-13-24(14-5-1)27-19-12-20-28(23-27)32-38-35-43-34(37-31(40-43)26-17-8-3-9-18-26)45-36(44(35)41-32)39-33(42-45)30-22-11-10-21-29(30)25-15-6-2-7-16-25/h1-23H. The van der Waals surface area contributed by atoms with Crippen LogP contribution in [0.1, 0.15) is 0 Å². The molecule has 0 aliphatic carbocycles. The van der Waals surface area contributed by atoms with Gasteiger partial charge in [0.2, 0.25) is 0 Å². The zero-order chi connectivity index (χ0) is 29.7. The van der Waals surface area contributed by atoms with Crippen molar-refractivity contribution in [3.05, 3.63) is 140 Å². The number of nitrogens with zero attached hydrogens (tertiary/aromatic N) is 9. The van der Waals surface area contributed by atoms with Crippen molar-refractivity contribution in [2.24, 2.45) is 0 Å². The van der Waals surface area contributed by atoms with Gasteiger partial charge in [-0.05, 0) is 28.3 Å². The molecule has 9 heteroatoms. The third-order valence-corrected chi connectivity index (χ3v) is 7.85. The average Bonchev–Trinajstić information content (AvgIpc) is 3.87. The topological polar surface area (TPSA) is 90.6 Å². The molecule has 0 atom stereocenters. The van der Waals surface area contributed by atoms with Gasteiger partial charge in [0, 0.05) is 16.7 Å². The van der Waals surface area contributed by atoms with Crippen molar-refractivity contribution in [2.75, 3.05) is 0 Å². The first kappa shape index (κ1) is 25.1. The molecule has 9 rings (SSSR count). The maximum absolute atomic E-state index is 5.03. The molecule has 0 aliphatic rings. The van der Waals surface area contributed by atoms with Crippen molar-refractivity contribution in [2.45, 2.75) is 0 Å². The van der Waals surface area contributed by atoms with E-state index in [1.807, 2.05) is 97.1 Å². The predicted octanol–water partition coefficient (Wildman–Crippen LogP) is 7.15. The minimum absolute atomic E-state index is 0.486. The molecule has 0 aliphatic heterocycles. The summed E-state index contributed by atoms with van der Waals surface area (Å²) in [6.07, 6.45) is 0. The highest BCUT2D eigenvalue weighted by Crippen LogP contribution is 2.31. The van der Waals surface area contributed by atoms with Crippen LogP contribution in [0, 0.1) is 0 Å². The summed E-state index contributed by atoms with van der Waals surface area (Å²) in [5.41, 5.74) is 6.98. The van der Waals surface area contributed by atoms with E-state index in [1.54, 1.807) is 13.5 Å². The van der Waals surface area contributed by atoms with Crippen molar-refractivity contribution in [1.82, 2.24) is 43.8 Å². The van der Waals surface area contributed by atoms with E-state index in [0.29, 0.717) is 34.8 Å². The Labute approximate surface area is 256 Å². The second kappa shape index (κ2) is 10.1. The summed E-state index contributed by atoms with van der Waals surface area (Å²) in [7, 11) is 0. The van der Waals surface area contributed by atoms with Crippen LogP contribution in [0.5, 0.6) is 0 Å². The van der Waals surface area contributed by atoms with Gasteiger partial charge < -0.3 is 0 Å². The summed E-state index contributed by atoms with van der Waals surface area (Å²) >= 11 is 0. The van der Waals surface area contributed by atoms with E-state index in [0.717, 1.165) is 38.9 Å². The molecule has 212 valence electrons. The van der Waals surface area contributed by atoms with E-state index in [-0.39, 0.29) is 0 Å². The van der Waals surface area contributed by atoms with Crippen LogP contribution in [0.25, 0.3) is 73.8 Å². The van der Waals surface area contributed by atoms with Crippen LogP contribution in [0.4, 0.5) is 0 Å². The van der Waals surface area contributed by atoms with Gasteiger partial charge in [0.1, 0.15) is 0 Å². The van der Waals surface area contributed by atoms with Gasteiger partial charge in [0.25, 0.3) is 17.3 Å². The Hall–Kier alpha value is -6.48. The van der Waals surface area contributed by atoms with Gasteiger partial charge in [-0.15, -0.1) is 15.3 Å².